The van der Waals surface area contributed by atoms with E-state index in [0.717, 1.165) is 0 Å². The summed E-state index contributed by atoms with van der Waals surface area (Å²) in [6, 6.07) is 0. The molecule has 0 amide bonds. The topological polar surface area (TPSA) is 40.1 Å². The molecule has 0 aromatic rings. The Morgan fingerprint density at radius 2 is 1.75 bits per heavy atom. The van der Waals surface area contributed by atoms with Gasteiger partial charge in [-0.05, 0) is 12.5 Å². The van der Waals surface area contributed by atoms with Crippen LogP contribution in [0.2, 0.25) is 0 Å². The first-order valence-corrected chi connectivity index (χ1v) is 1.51. The van der Waals surface area contributed by atoms with Crippen molar-refractivity contribution in [3.8, 4) is 0 Å². The van der Waals surface area contributed by atoms with Crippen LogP contribution in [0.4, 0.5) is 0 Å². The number of carboxylic acids is 1. The maximum atomic E-state index is 9.49. The number of hydrogen-bond acceptors (Lipinski definition) is 2. The van der Waals surface area contributed by atoms with E-state index in [1.807, 2.05) is 0 Å². The van der Waals surface area contributed by atoms with E-state index in [1.165, 1.54) is 6.92 Å². The molecule has 0 aromatic heterocycles. The van der Waals surface area contributed by atoms with Gasteiger partial charge in [-0.2, -0.15) is 13.5 Å². The van der Waals surface area contributed by atoms with E-state index in [9.17, 15) is 9.90 Å². The molecule has 0 N–H and O–H groups in total. The zero-order valence-corrected chi connectivity index (χ0v) is 9.15. The molecule has 0 fully saturated rings. The van der Waals surface area contributed by atoms with Crippen LogP contribution in [0.3, 0.4) is 0 Å². The van der Waals surface area contributed by atoms with Gasteiger partial charge in [-0.15, -0.1) is 0 Å². The van der Waals surface area contributed by atoms with Crippen molar-refractivity contribution in [2.45, 2.75) is 6.92 Å². The Hall–Kier alpha value is 1.20. The first kappa shape index (κ1) is 16.1. The minimum atomic E-state index is -1.19. The molecule has 0 saturated carbocycles. The third-order valence-corrected chi connectivity index (χ3v) is 0.348. The molecule has 8 heavy (non-hydrogen) atoms. The van der Waals surface area contributed by atoms with Crippen LogP contribution in [0.1, 0.15) is 6.92 Å². The maximum absolute atomic E-state index is 9.49. The zero-order chi connectivity index (χ0) is 5.15. The molecule has 4 heteroatoms. The van der Waals surface area contributed by atoms with Gasteiger partial charge >= 0.3 is 51.4 Å². The van der Waals surface area contributed by atoms with Crippen LogP contribution in [-0.4, -0.2) is 5.97 Å². The summed E-state index contributed by atoms with van der Waals surface area (Å²) in [5.74, 6) is -1.19. The molecule has 0 aliphatic heterocycles. The van der Waals surface area contributed by atoms with Gasteiger partial charge in [-0.1, -0.05) is 6.58 Å². The van der Waals surface area contributed by atoms with E-state index in [1.54, 1.807) is 0 Å². The standard InChI is InChI=1S/C4H6O2.K.H2S/c1-3(2)4(5)6;;/h1H2,2H3,(H,5,6);;1H2/q;+1;/p-1. The largest absolute Gasteiger partial charge is 1.00 e. The van der Waals surface area contributed by atoms with Gasteiger partial charge in [0.2, 0.25) is 0 Å². The van der Waals surface area contributed by atoms with Gasteiger partial charge in [0, 0.05) is 0 Å². The zero-order valence-electron chi connectivity index (χ0n) is 5.02. The first-order chi connectivity index (χ1) is 2.64. The Bertz CT molecular complexity index is 80.0. The summed E-state index contributed by atoms with van der Waals surface area (Å²) < 4.78 is 0. The molecule has 0 radical (unpaired) electrons. The second-order valence-electron chi connectivity index (χ2n) is 1.07. The predicted octanol–water partition coefficient (Wildman–Crippen LogP) is -3.57. The number of carbonyl (C=O) groups is 1. The minimum absolute atomic E-state index is 0. The molecule has 0 aliphatic rings. The van der Waals surface area contributed by atoms with Crippen molar-refractivity contribution in [2.75, 3.05) is 0 Å². The van der Waals surface area contributed by atoms with Crippen molar-refractivity contribution in [3.63, 3.8) is 0 Å². The number of carboxylic acid groups (broad SMARTS) is 1. The van der Waals surface area contributed by atoms with E-state index in [2.05, 4.69) is 6.58 Å². The number of hydrogen-bond donors (Lipinski definition) is 0. The molecule has 0 aliphatic carbocycles. The number of rotatable bonds is 1. The second-order valence-corrected chi connectivity index (χ2v) is 1.07. The van der Waals surface area contributed by atoms with Crippen LogP contribution in [-0.2, 0) is 4.79 Å². The molecule has 0 saturated heterocycles. The van der Waals surface area contributed by atoms with Gasteiger partial charge in [0.05, 0.1) is 5.97 Å². The fourth-order valence-corrected chi connectivity index (χ4v) is 0. The third kappa shape index (κ3) is 10.2. The summed E-state index contributed by atoms with van der Waals surface area (Å²) in [4.78, 5) is 9.49. The first-order valence-electron chi connectivity index (χ1n) is 1.51. The van der Waals surface area contributed by atoms with Crippen LogP contribution in [0.15, 0.2) is 12.2 Å². The van der Waals surface area contributed by atoms with Gasteiger partial charge in [-0.3, -0.25) is 0 Å². The molecule has 0 atom stereocenters. The van der Waals surface area contributed by atoms with Crippen molar-refractivity contribution < 1.29 is 61.3 Å². The quantitative estimate of drug-likeness (QED) is 0.292. The van der Waals surface area contributed by atoms with Crippen molar-refractivity contribution in [1.82, 2.24) is 0 Å². The average Bonchev–Trinajstić information content (AvgIpc) is 1.36. The molecule has 0 unspecified atom stereocenters. The maximum Gasteiger partial charge on any atom is 1.00 e. The fraction of sp³-hybridized carbons (Fsp3) is 0.250. The van der Waals surface area contributed by atoms with Crippen LogP contribution in [0.5, 0.6) is 0 Å². The van der Waals surface area contributed by atoms with Gasteiger partial charge < -0.3 is 9.90 Å². The van der Waals surface area contributed by atoms with Crippen molar-refractivity contribution in [3.05, 3.63) is 12.2 Å². The van der Waals surface area contributed by atoms with E-state index in [4.69, 9.17) is 0 Å². The van der Waals surface area contributed by atoms with E-state index in [0.29, 0.717) is 0 Å². The molecular formula is C4H7KO2S. The normalized spacial score (nSPS) is 5.62. The summed E-state index contributed by atoms with van der Waals surface area (Å²) in [5, 5.41) is 9.49. The Labute approximate surface area is 98.2 Å². The Morgan fingerprint density at radius 1 is 1.62 bits per heavy atom. The van der Waals surface area contributed by atoms with Crippen LogP contribution >= 0.6 is 13.5 Å². The number of aliphatic carboxylic acids is 1. The molecular weight excluding hydrogens is 151 g/mol. The number of carbonyl (C=O) groups excluding carboxylic acids is 1. The third-order valence-electron chi connectivity index (χ3n) is 0.348. The molecule has 2 nitrogen and oxygen atoms in total. The predicted molar refractivity (Wildman–Crippen MR) is 30.2 cm³/mol. The molecule has 42 valence electrons. The van der Waals surface area contributed by atoms with Crippen LogP contribution in [0.25, 0.3) is 0 Å². The molecule has 0 heterocycles. The van der Waals surface area contributed by atoms with E-state index in [-0.39, 0.29) is 70.5 Å². The second kappa shape index (κ2) is 8.20. The van der Waals surface area contributed by atoms with Crippen molar-refractivity contribution >= 4 is 19.5 Å². The van der Waals surface area contributed by atoms with E-state index >= 15 is 0 Å². The summed E-state index contributed by atoms with van der Waals surface area (Å²) >= 11 is 0. The van der Waals surface area contributed by atoms with Gasteiger partial charge in [-0.25, -0.2) is 0 Å². The van der Waals surface area contributed by atoms with E-state index < -0.39 is 5.97 Å². The summed E-state index contributed by atoms with van der Waals surface area (Å²) in [7, 11) is 0. The smallest absolute Gasteiger partial charge is 0.545 e. The molecule has 0 aromatic carbocycles. The fourth-order valence-electron chi connectivity index (χ4n) is 0. The molecule has 0 bridgehead atoms. The summed E-state index contributed by atoms with van der Waals surface area (Å²) in [6.45, 7) is 4.48. The van der Waals surface area contributed by atoms with Crippen molar-refractivity contribution in [1.29, 1.82) is 0 Å². The monoisotopic (exact) mass is 158 g/mol. The average molecular weight is 158 g/mol. The molecule has 0 spiro atoms. The SMILES string of the molecule is C=C(C)C(=O)[O-].S.[K+]. The van der Waals surface area contributed by atoms with Gasteiger partial charge in [0.1, 0.15) is 0 Å². The van der Waals surface area contributed by atoms with Gasteiger partial charge in [0.25, 0.3) is 0 Å². The van der Waals surface area contributed by atoms with Crippen LogP contribution < -0.4 is 56.5 Å². The minimum Gasteiger partial charge on any atom is -0.545 e. The summed E-state index contributed by atoms with van der Waals surface area (Å²) in [5.41, 5.74) is 0.0648. The molecule has 0 rings (SSSR count). The van der Waals surface area contributed by atoms with Gasteiger partial charge in [0.15, 0.2) is 0 Å². The Morgan fingerprint density at radius 3 is 1.75 bits per heavy atom. The van der Waals surface area contributed by atoms with Crippen molar-refractivity contribution in [2.24, 2.45) is 0 Å². The van der Waals surface area contributed by atoms with Crippen LogP contribution in [0, 0.1) is 0 Å². The summed E-state index contributed by atoms with van der Waals surface area (Å²) in [6.07, 6.45) is 0. The Balaban J connectivity index is -0.000000125. The Kier molecular flexibility index (Phi) is 16.5.